The van der Waals surface area contributed by atoms with E-state index in [1.165, 1.54) is 29.5 Å². The van der Waals surface area contributed by atoms with Gasteiger partial charge in [-0.2, -0.15) is 5.10 Å². The second-order valence-corrected chi connectivity index (χ2v) is 7.65. The first kappa shape index (κ1) is 19.3. The number of fused-ring (bicyclic) bond motifs is 1. The van der Waals surface area contributed by atoms with Crippen molar-refractivity contribution in [2.75, 3.05) is 23.7 Å². The van der Waals surface area contributed by atoms with Crippen LogP contribution >= 0.6 is 11.6 Å². The van der Waals surface area contributed by atoms with Crippen LogP contribution in [0.1, 0.15) is 16.8 Å². The fraction of sp³-hybridized carbons (Fsp3) is 0.200. The van der Waals surface area contributed by atoms with Crippen LogP contribution in [0, 0.1) is 5.82 Å². The molecular weight excluding hydrogens is 425 g/mol. The van der Waals surface area contributed by atoms with Crippen LogP contribution in [0.25, 0.3) is 16.7 Å². The quantitative estimate of drug-likeness (QED) is 0.500. The Bertz CT molecular complexity index is 1270. The van der Waals surface area contributed by atoms with Crippen LogP contribution in [-0.4, -0.2) is 45.0 Å². The molecular formula is C20H17ClFN7O2. The van der Waals surface area contributed by atoms with Crippen molar-refractivity contribution in [3.05, 3.63) is 59.4 Å². The van der Waals surface area contributed by atoms with Crippen molar-refractivity contribution in [2.45, 2.75) is 12.5 Å². The molecule has 1 aliphatic rings. The molecule has 0 aliphatic carbocycles. The number of nitrogen functional groups attached to an aromatic ring is 1. The maximum Gasteiger partial charge on any atom is 0.254 e. The monoisotopic (exact) mass is 441 g/mol. The highest BCUT2D eigenvalue weighted by atomic mass is 35.5. The van der Waals surface area contributed by atoms with Gasteiger partial charge in [0.1, 0.15) is 18.5 Å². The number of amides is 1. The summed E-state index contributed by atoms with van der Waals surface area (Å²) in [4.78, 5) is 18.5. The van der Waals surface area contributed by atoms with E-state index in [-0.39, 0.29) is 17.4 Å². The van der Waals surface area contributed by atoms with Gasteiger partial charge in [0.05, 0.1) is 27.3 Å². The molecule has 1 saturated heterocycles. The van der Waals surface area contributed by atoms with Crippen molar-refractivity contribution in [3.63, 3.8) is 0 Å². The third kappa shape index (κ3) is 3.44. The molecule has 158 valence electrons. The van der Waals surface area contributed by atoms with Crippen molar-refractivity contribution in [1.29, 1.82) is 0 Å². The Kier molecular flexibility index (Phi) is 4.70. The number of nitrogens with one attached hydrogen (secondary N) is 1. The van der Waals surface area contributed by atoms with E-state index < -0.39 is 11.7 Å². The smallest absolute Gasteiger partial charge is 0.254 e. The number of benzene rings is 2. The second kappa shape index (κ2) is 7.55. The number of rotatable bonds is 4. The zero-order valence-corrected chi connectivity index (χ0v) is 16.9. The number of nitrogens with two attached hydrogens (primary N) is 1. The van der Waals surface area contributed by atoms with Gasteiger partial charge in [-0.05, 0) is 30.7 Å². The van der Waals surface area contributed by atoms with Crippen LogP contribution in [0.15, 0.2) is 47.5 Å². The lowest BCUT2D eigenvalue weighted by Gasteiger charge is -2.19. The van der Waals surface area contributed by atoms with Gasteiger partial charge in [0, 0.05) is 25.2 Å². The zero-order valence-electron chi connectivity index (χ0n) is 16.1. The third-order valence-electron chi connectivity index (χ3n) is 5.32. The van der Waals surface area contributed by atoms with E-state index in [4.69, 9.17) is 21.9 Å². The van der Waals surface area contributed by atoms with E-state index in [0.717, 1.165) is 5.69 Å². The number of anilines is 2. The van der Waals surface area contributed by atoms with E-state index >= 15 is 0 Å². The molecule has 5 rings (SSSR count). The number of aromatic nitrogens is 4. The topological polar surface area (TPSA) is 115 Å². The molecule has 9 nitrogen and oxygen atoms in total. The summed E-state index contributed by atoms with van der Waals surface area (Å²) in [5, 5.41) is 11.7. The summed E-state index contributed by atoms with van der Waals surface area (Å²) in [6.07, 6.45) is 3.50. The molecule has 0 bridgehead atoms. The molecule has 0 saturated carbocycles. The molecule has 1 atom stereocenters. The first-order valence-electron chi connectivity index (χ1n) is 9.55. The third-order valence-corrected chi connectivity index (χ3v) is 5.64. The number of halogens is 2. The van der Waals surface area contributed by atoms with Gasteiger partial charge in [-0.1, -0.05) is 16.8 Å². The van der Waals surface area contributed by atoms with Crippen molar-refractivity contribution < 1.29 is 13.7 Å². The Morgan fingerprint density at radius 1 is 1.32 bits per heavy atom. The van der Waals surface area contributed by atoms with Gasteiger partial charge in [-0.3, -0.25) is 4.79 Å². The minimum Gasteiger partial charge on any atom is -0.380 e. The molecule has 2 aromatic carbocycles. The van der Waals surface area contributed by atoms with Gasteiger partial charge in [0.15, 0.2) is 11.4 Å². The van der Waals surface area contributed by atoms with Gasteiger partial charge >= 0.3 is 0 Å². The first-order valence-corrected chi connectivity index (χ1v) is 9.93. The standard InChI is InChI=1S/C20H17ClFN7O2/c21-14-3-4-16(18-17(14)19(23)27-31-18)28-6-5-11(8-28)26-20(30)13-2-1-12(7-15(13)22)29-10-24-9-25-29/h1-4,7,9-11H,5-6,8H2,(H2,23,27)(H,26,30). The van der Waals surface area contributed by atoms with Crippen molar-refractivity contribution in [2.24, 2.45) is 0 Å². The minimum atomic E-state index is -0.628. The fourth-order valence-electron chi connectivity index (χ4n) is 3.80. The van der Waals surface area contributed by atoms with Gasteiger partial charge in [-0.25, -0.2) is 14.1 Å². The Morgan fingerprint density at radius 2 is 2.19 bits per heavy atom. The molecule has 0 spiro atoms. The Morgan fingerprint density at radius 3 is 2.97 bits per heavy atom. The predicted octanol–water partition coefficient (Wildman–Crippen LogP) is 2.79. The average Bonchev–Trinajstić information content (AvgIpc) is 3.50. The van der Waals surface area contributed by atoms with Crippen molar-refractivity contribution in [3.8, 4) is 5.69 Å². The van der Waals surface area contributed by atoms with E-state index in [9.17, 15) is 9.18 Å². The average molecular weight is 442 g/mol. The van der Waals surface area contributed by atoms with Crippen molar-refractivity contribution in [1.82, 2.24) is 25.2 Å². The normalized spacial score (nSPS) is 16.2. The van der Waals surface area contributed by atoms with E-state index in [2.05, 4.69) is 25.5 Å². The lowest BCUT2D eigenvalue weighted by molar-refractivity contribution is 0.0936. The van der Waals surface area contributed by atoms with Crippen LogP contribution in [0.4, 0.5) is 15.9 Å². The molecule has 4 aromatic rings. The molecule has 3 heterocycles. The van der Waals surface area contributed by atoms with Crippen LogP contribution in [0.3, 0.4) is 0 Å². The number of hydrogen-bond donors (Lipinski definition) is 2. The molecule has 1 aliphatic heterocycles. The van der Waals surface area contributed by atoms with Gasteiger partial charge in [0.2, 0.25) is 0 Å². The van der Waals surface area contributed by atoms with Crippen molar-refractivity contribution >= 4 is 40.0 Å². The van der Waals surface area contributed by atoms with Crippen LogP contribution < -0.4 is 16.0 Å². The lowest BCUT2D eigenvalue weighted by atomic mass is 10.1. The lowest BCUT2D eigenvalue weighted by Crippen LogP contribution is -2.37. The SMILES string of the molecule is Nc1noc2c(N3CCC(NC(=O)c4ccc(-n5cncn5)cc4F)C3)ccc(Cl)c12. The largest absolute Gasteiger partial charge is 0.380 e. The molecule has 1 amide bonds. The molecule has 1 fully saturated rings. The highest BCUT2D eigenvalue weighted by molar-refractivity contribution is 6.36. The van der Waals surface area contributed by atoms with Crippen LogP contribution in [0.5, 0.6) is 0 Å². The van der Waals surface area contributed by atoms with Crippen LogP contribution in [0.2, 0.25) is 5.02 Å². The summed E-state index contributed by atoms with van der Waals surface area (Å²) < 4.78 is 21.3. The fourth-order valence-corrected chi connectivity index (χ4v) is 4.05. The Hall–Kier alpha value is -3.66. The molecule has 3 N–H and O–H groups in total. The number of carbonyl (C=O) groups is 1. The summed E-state index contributed by atoms with van der Waals surface area (Å²) in [5.41, 5.74) is 7.60. The molecule has 1 unspecified atom stereocenters. The minimum absolute atomic E-state index is 0.0285. The molecule has 11 heteroatoms. The Labute approximate surface area is 180 Å². The number of nitrogens with zero attached hydrogens (tertiary/aromatic N) is 5. The van der Waals surface area contributed by atoms with Gasteiger partial charge < -0.3 is 20.5 Å². The Balaban J connectivity index is 1.30. The van der Waals surface area contributed by atoms with E-state index in [1.807, 2.05) is 6.07 Å². The summed E-state index contributed by atoms with van der Waals surface area (Å²) in [5.74, 6) is -0.868. The maximum atomic E-state index is 14.5. The summed E-state index contributed by atoms with van der Waals surface area (Å²) >= 11 is 6.21. The summed E-state index contributed by atoms with van der Waals surface area (Å²) in [6, 6.07) is 7.73. The predicted molar refractivity (Wildman–Crippen MR) is 113 cm³/mol. The summed E-state index contributed by atoms with van der Waals surface area (Å²) in [7, 11) is 0. The molecule has 0 radical (unpaired) electrons. The maximum absolute atomic E-state index is 14.5. The van der Waals surface area contributed by atoms with E-state index in [1.54, 1.807) is 12.1 Å². The van der Waals surface area contributed by atoms with Crippen LogP contribution in [-0.2, 0) is 0 Å². The second-order valence-electron chi connectivity index (χ2n) is 7.25. The highest BCUT2D eigenvalue weighted by Gasteiger charge is 2.28. The number of hydrogen-bond acceptors (Lipinski definition) is 7. The van der Waals surface area contributed by atoms with E-state index in [0.29, 0.717) is 41.2 Å². The molecule has 31 heavy (non-hydrogen) atoms. The van der Waals surface area contributed by atoms with Gasteiger partial charge in [-0.15, -0.1) is 0 Å². The zero-order chi connectivity index (χ0) is 21.5. The molecule has 2 aromatic heterocycles. The van der Waals surface area contributed by atoms with Gasteiger partial charge in [0.25, 0.3) is 5.91 Å². The first-order chi connectivity index (χ1) is 15.0. The summed E-state index contributed by atoms with van der Waals surface area (Å²) in [6.45, 7) is 1.21. The highest BCUT2D eigenvalue weighted by Crippen LogP contribution is 2.36. The number of carbonyl (C=O) groups excluding carboxylic acids is 1.